The number of rotatable bonds is 1. The molecule has 1 aromatic carbocycles. The zero-order chi connectivity index (χ0) is 11.0. The summed E-state index contributed by atoms with van der Waals surface area (Å²) in [6.07, 6.45) is 4.64. The van der Waals surface area contributed by atoms with E-state index in [9.17, 15) is 0 Å². The second-order valence-corrected chi connectivity index (χ2v) is 4.35. The third-order valence-electron chi connectivity index (χ3n) is 3.31. The molecule has 2 aromatic rings. The summed E-state index contributed by atoms with van der Waals surface area (Å²) in [5.41, 5.74) is 5.30. The molecule has 0 bridgehead atoms. The van der Waals surface area contributed by atoms with Crippen molar-refractivity contribution in [1.29, 1.82) is 0 Å². The SMILES string of the molecule is CC1NCCc2cc(-c3ccoc3)ccc21. The van der Waals surface area contributed by atoms with Gasteiger partial charge in [-0.2, -0.15) is 0 Å². The van der Waals surface area contributed by atoms with Gasteiger partial charge < -0.3 is 9.73 Å². The minimum atomic E-state index is 0.474. The van der Waals surface area contributed by atoms with Crippen molar-refractivity contribution in [3.8, 4) is 11.1 Å². The second kappa shape index (κ2) is 3.80. The van der Waals surface area contributed by atoms with Crippen LogP contribution in [-0.2, 0) is 6.42 Å². The van der Waals surface area contributed by atoms with Crippen molar-refractivity contribution in [3.63, 3.8) is 0 Å². The van der Waals surface area contributed by atoms with Crippen LogP contribution in [0.2, 0.25) is 0 Å². The Balaban J connectivity index is 2.05. The number of fused-ring (bicyclic) bond motifs is 1. The predicted molar refractivity (Wildman–Crippen MR) is 64.3 cm³/mol. The van der Waals surface area contributed by atoms with Crippen LogP contribution in [0, 0.1) is 0 Å². The molecule has 1 aliphatic heterocycles. The lowest BCUT2D eigenvalue weighted by molar-refractivity contribution is 0.541. The maximum absolute atomic E-state index is 5.12. The van der Waals surface area contributed by atoms with E-state index in [4.69, 9.17) is 4.42 Å². The zero-order valence-corrected chi connectivity index (χ0v) is 9.36. The predicted octanol–water partition coefficient (Wildman–Crippen LogP) is 3.15. The van der Waals surface area contributed by atoms with Gasteiger partial charge in [0.25, 0.3) is 0 Å². The van der Waals surface area contributed by atoms with Gasteiger partial charge in [-0.05, 0) is 42.6 Å². The van der Waals surface area contributed by atoms with Gasteiger partial charge in [0.2, 0.25) is 0 Å². The maximum Gasteiger partial charge on any atom is 0.0980 e. The minimum Gasteiger partial charge on any atom is -0.472 e. The quantitative estimate of drug-likeness (QED) is 0.787. The Bertz CT molecular complexity index is 487. The molecule has 1 unspecified atom stereocenters. The van der Waals surface area contributed by atoms with Crippen LogP contribution < -0.4 is 5.32 Å². The van der Waals surface area contributed by atoms with Crippen molar-refractivity contribution in [2.24, 2.45) is 0 Å². The lowest BCUT2D eigenvalue weighted by Gasteiger charge is -2.24. The number of hydrogen-bond donors (Lipinski definition) is 1. The molecule has 0 saturated heterocycles. The molecule has 2 nitrogen and oxygen atoms in total. The summed E-state index contributed by atoms with van der Waals surface area (Å²) in [5, 5.41) is 3.47. The third-order valence-corrected chi connectivity index (χ3v) is 3.31. The molecule has 1 aromatic heterocycles. The van der Waals surface area contributed by atoms with Gasteiger partial charge in [-0.1, -0.05) is 18.2 Å². The highest BCUT2D eigenvalue weighted by Gasteiger charge is 2.15. The summed E-state index contributed by atoms with van der Waals surface area (Å²) in [6.45, 7) is 3.29. The Kier molecular flexibility index (Phi) is 2.29. The fourth-order valence-corrected chi connectivity index (χ4v) is 2.39. The van der Waals surface area contributed by atoms with E-state index in [0.717, 1.165) is 18.5 Å². The summed E-state index contributed by atoms with van der Waals surface area (Å²) in [4.78, 5) is 0. The van der Waals surface area contributed by atoms with Crippen LogP contribution in [0.4, 0.5) is 0 Å². The van der Waals surface area contributed by atoms with Gasteiger partial charge in [-0.15, -0.1) is 0 Å². The molecular weight excluding hydrogens is 198 g/mol. The zero-order valence-electron chi connectivity index (χ0n) is 9.36. The van der Waals surface area contributed by atoms with Gasteiger partial charge in [-0.25, -0.2) is 0 Å². The van der Waals surface area contributed by atoms with Crippen molar-refractivity contribution in [3.05, 3.63) is 47.9 Å². The van der Waals surface area contributed by atoms with E-state index in [2.05, 4.69) is 30.4 Å². The summed E-state index contributed by atoms with van der Waals surface area (Å²) in [6, 6.07) is 9.17. The number of furan rings is 1. The van der Waals surface area contributed by atoms with E-state index in [0.29, 0.717) is 6.04 Å². The Morgan fingerprint density at radius 3 is 3.00 bits per heavy atom. The molecule has 2 heteroatoms. The van der Waals surface area contributed by atoms with Crippen LogP contribution in [0.1, 0.15) is 24.1 Å². The first-order valence-electron chi connectivity index (χ1n) is 5.73. The van der Waals surface area contributed by atoms with Gasteiger partial charge in [0.15, 0.2) is 0 Å². The molecule has 82 valence electrons. The van der Waals surface area contributed by atoms with Gasteiger partial charge in [0.1, 0.15) is 0 Å². The lowest BCUT2D eigenvalue weighted by atomic mass is 9.92. The molecule has 0 amide bonds. The topological polar surface area (TPSA) is 25.2 Å². The maximum atomic E-state index is 5.12. The monoisotopic (exact) mass is 213 g/mol. The highest BCUT2D eigenvalue weighted by molar-refractivity contribution is 5.64. The molecule has 3 rings (SSSR count). The Hall–Kier alpha value is -1.54. The van der Waals surface area contributed by atoms with Crippen LogP contribution in [0.3, 0.4) is 0 Å². The summed E-state index contributed by atoms with van der Waals surface area (Å²) < 4.78 is 5.12. The molecule has 2 heterocycles. The number of hydrogen-bond acceptors (Lipinski definition) is 2. The van der Waals surface area contributed by atoms with Crippen LogP contribution in [0.5, 0.6) is 0 Å². The minimum absolute atomic E-state index is 0.474. The van der Waals surface area contributed by atoms with Gasteiger partial charge in [0.05, 0.1) is 12.5 Å². The van der Waals surface area contributed by atoms with E-state index < -0.39 is 0 Å². The number of nitrogens with one attached hydrogen (secondary N) is 1. The van der Waals surface area contributed by atoms with Crippen LogP contribution in [0.25, 0.3) is 11.1 Å². The molecule has 1 N–H and O–H groups in total. The van der Waals surface area contributed by atoms with E-state index in [-0.39, 0.29) is 0 Å². The first kappa shape index (κ1) is 9.67. The molecule has 0 radical (unpaired) electrons. The highest BCUT2D eigenvalue weighted by atomic mass is 16.3. The van der Waals surface area contributed by atoms with E-state index >= 15 is 0 Å². The fourth-order valence-electron chi connectivity index (χ4n) is 2.39. The summed E-state index contributed by atoms with van der Waals surface area (Å²) in [5.74, 6) is 0. The van der Waals surface area contributed by atoms with E-state index in [1.807, 2.05) is 6.07 Å². The summed E-state index contributed by atoms with van der Waals surface area (Å²) in [7, 11) is 0. The third kappa shape index (κ3) is 1.55. The first-order valence-corrected chi connectivity index (χ1v) is 5.73. The molecule has 0 fully saturated rings. The lowest BCUT2D eigenvalue weighted by Crippen LogP contribution is -2.27. The first-order chi connectivity index (χ1) is 7.84. The van der Waals surface area contributed by atoms with E-state index in [1.54, 1.807) is 12.5 Å². The van der Waals surface area contributed by atoms with E-state index in [1.165, 1.54) is 16.7 Å². The fraction of sp³-hybridized carbons (Fsp3) is 0.286. The highest BCUT2D eigenvalue weighted by Crippen LogP contribution is 2.28. The normalized spacial score (nSPS) is 19.4. The average molecular weight is 213 g/mol. The molecule has 1 aliphatic rings. The van der Waals surface area contributed by atoms with Crippen molar-refractivity contribution >= 4 is 0 Å². The molecule has 1 atom stereocenters. The average Bonchev–Trinajstić information content (AvgIpc) is 2.82. The van der Waals surface area contributed by atoms with Gasteiger partial charge in [0, 0.05) is 11.6 Å². The standard InChI is InChI=1S/C14H15NO/c1-10-14-3-2-11(13-5-7-16-9-13)8-12(14)4-6-15-10/h2-3,5,7-10,15H,4,6H2,1H3. The summed E-state index contributed by atoms with van der Waals surface area (Å²) >= 11 is 0. The Morgan fingerprint density at radius 2 is 2.19 bits per heavy atom. The van der Waals surface area contributed by atoms with Crippen molar-refractivity contribution in [2.45, 2.75) is 19.4 Å². The van der Waals surface area contributed by atoms with Crippen molar-refractivity contribution in [2.75, 3.05) is 6.54 Å². The molecule has 0 spiro atoms. The number of benzene rings is 1. The molecule has 0 saturated carbocycles. The van der Waals surface area contributed by atoms with Crippen molar-refractivity contribution in [1.82, 2.24) is 5.32 Å². The Labute approximate surface area is 95.3 Å². The van der Waals surface area contributed by atoms with Crippen LogP contribution >= 0.6 is 0 Å². The molecule has 16 heavy (non-hydrogen) atoms. The van der Waals surface area contributed by atoms with Gasteiger partial charge >= 0.3 is 0 Å². The molecular formula is C14H15NO. The smallest absolute Gasteiger partial charge is 0.0980 e. The molecule has 0 aliphatic carbocycles. The van der Waals surface area contributed by atoms with Crippen LogP contribution in [-0.4, -0.2) is 6.54 Å². The van der Waals surface area contributed by atoms with Crippen molar-refractivity contribution < 1.29 is 4.42 Å². The van der Waals surface area contributed by atoms with Crippen LogP contribution in [0.15, 0.2) is 41.2 Å². The second-order valence-electron chi connectivity index (χ2n) is 4.35. The largest absolute Gasteiger partial charge is 0.472 e. The Morgan fingerprint density at radius 1 is 1.25 bits per heavy atom. The van der Waals surface area contributed by atoms with Gasteiger partial charge in [-0.3, -0.25) is 0 Å².